The van der Waals surface area contributed by atoms with Crippen LogP contribution in [0.5, 0.6) is 0 Å². The molecule has 0 unspecified atom stereocenters. The topological polar surface area (TPSA) is 177 Å². The Bertz CT molecular complexity index is 2340. The Morgan fingerprint density at radius 1 is 1.04 bits per heavy atom. The molecule has 4 aromatic rings. The number of nitrogens with one attached hydrogen (secondary N) is 1. The van der Waals surface area contributed by atoms with Gasteiger partial charge in [-0.3, -0.25) is 23.5 Å². The molecule has 0 radical (unpaired) electrons. The normalized spacial score (nSPS) is 15.0. The van der Waals surface area contributed by atoms with E-state index in [-0.39, 0.29) is 66.2 Å². The summed E-state index contributed by atoms with van der Waals surface area (Å²) < 4.78 is 52.4. The molecule has 2 aliphatic rings. The molecule has 0 saturated heterocycles. The van der Waals surface area contributed by atoms with E-state index in [4.69, 9.17) is 4.42 Å². The third-order valence-electron chi connectivity index (χ3n) is 9.84. The van der Waals surface area contributed by atoms with E-state index in [1.807, 2.05) is 0 Å². The minimum atomic E-state index is -4.03. The summed E-state index contributed by atoms with van der Waals surface area (Å²) in [5, 5.41) is 13.7. The molecule has 1 heterocycles. The second kappa shape index (κ2) is 15.6. The van der Waals surface area contributed by atoms with Gasteiger partial charge >= 0.3 is 5.97 Å². The van der Waals surface area contributed by atoms with E-state index in [1.54, 1.807) is 38.1 Å². The third-order valence-corrected chi connectivity index (χ3v) is 11.0. The lowest BCUT2D eigenvalue weighted by Crippen LogP contribution is -2.38. The number of ketones is 3. The number of nitrogens with zero attached hydrogens (tertiary/aromatic N) is 1. The number of aliphatic hydroxyl groups is 1. The molecule has 0 aliphatic heterocycles. The minimum Gasteiger partial charge on any atom is -0.507 e. The minimum absolute atomic E-state index is 0.00186. The molecule has 6 rings (SSSR count). The van der Waals surface area contributed by atoms with Gasteiger partial charge in [0.05, 0.1) is 36.1 Å². The molecule has 0 atom stereocenters. The smallest absolute Gasteiger partial charge is 0.379 e. The predicted molar refractivity (Wildman–Crippen MR) is 202 cm³/mol. The first-order valence-corrected chi connectivity index (χ1v) is 19.9. The molecular formula is C41H41FN2O10S. The van der Waals surface area contributed by atoms with Gasteiger partial charge in [-0.2, -0.15) is 0 Å². The summed E-state index contributed by atoms with van der Waals surface area (Å²) in [4.78, 5) is 64.0. The number of fused-ring (bicyclic) bond motifs is 1. The summed E-state index contributed by atoms with van der Waals surface area (Å²) >= 11 is 0. The van der Waals surface area contributed by atoms with Crippen LogP contribution in [0.2, 0.25) is 0 Å². The number of carbonyl (C=O) groups is 5. The van der Waals surface area contributed by atoms with Gasteiger partial charge in [-0.05, 0) is 86.1 Å². The monoisotopic (exact) mass is 772 g/mol. The van der Waals surface area contributed by atoms with Crippen molar-refractivity contribution in [3.05, 3.63) is 94.8 Å². The van der Waals surface area contributed by atoms with E-state index < -0.39 is 51.1 Å². The number of esters is 1. The van der Waals surface area contributed by atoms with Crippen LogP contribution < -0.4 is 9.62 Å². The van der Waals surface area contributed by atoms with Crippen molar-refractivity contribution in [2.24, 2.45) is 5.41 Å². The second-order valence-electron chi connectivity index (χ2n) is 14.0. The summed E-state index contributed by atoms with van der Waals surface area (Å²) in [5.41, 5.74) is 1.77. The molecule has 2 N–H and O–H groups in total. The Labute approximate surface area is 317 Å². The van der Waals surface area contributed by atoms with E-state index in [2.05, 4.69) is 10.1 Å². The van der Waals surface area contributed by atoms with Crippen LogP contribution in [0.1, 0.15) is 85.3 Å². The zero-order valence-corrected chi connectivity index (χ0v) is 31.5. The number of ether oxygens (including phenoxy) is 1. The van der Waals surface area contributed by atoms with Crippen LogP contribution in [-0.4, -0.2) is 62.2 Å². The van der Waals surface area contributed by atoms with Crippen molar-refractivity contribution >= 4 is 61.7 Å². The summed E-state index contributed by atoms with van der Waals surface area (Å²) in [6.07, 6.45) is 4.18. The first-order valence-electron chi connectivity index (χ1n) is 18.0. The molecule has 288 valence electrons. The Morgan fingerprint density at radius 3 is 2.36 bits per heavy atom. The molecule has 14 heteroatoms. The fourth-order valence-electron chi connectivity index (χ4n) is 6.63. The third kappa shape index (κ3) is 8.69. The van der Waals surface area contributed by atoms with Gasteiger partial charge in [0, 0.05) is 48.0 Å². The quantitative estimate of drug-likeness (QED) is 0.0393. The molecule has 2 saturated carbocycles. The number of hydrogen-bond donors (Lipinski definition) is 2. The van der Waals surface area contributed by atoms with E-state index >= 15 is 0 Å². The molecule has 2 fully saturated rings. The number of carbonyl (C=O) groups excluding carboxylic acids is 5. The van der Waals surface area contributed by atoms with Crippen LogP contribution in [-0.2, 0) is 40.5 Å². The maximum atomic E-state index is 13.8. The van der Waals surface area contributed by atoms with Crippen molar-refractivity contribution in [3.63, 3.8) is 0 Å². The largest absolute Gasteiger partial charge is 0.507 e. The van der Waals surface area contributed by atoms with Gasteiger partial charge in [-0.25, -0.2) is 17.6 Å². The van der Waals surface area contributed by atoms with Gasteiger partial charge in [-0.15, -0.1) is 0 Å². The number of anilines is 1. The van der Waals surface area contributed by atoms with E-state index in [0.717, 1.165) is 29.5 Å². The van der Waals surface area contributed by atoms with Gasteiger partial charge < -0.3 is 19.6 Å². The van der Waals surface area contributed by atoms with Crippen molar-refractivity contribution < 1.29 is 51.0 Å². The fourth-order valence-corrected chi connectivity index (χ4v) is 7.53. The van der Waals surface area contributed by atoms with Crippen LogP contribution in [0.4, 0.5) is 10.1 Å². The number of benzene rings is 3. The number of sulfonamides is 1. The maximum absolute atomic E-state index is 13.8. The van der Waals surface area contributed by atoms with Gasteiger partial charge in [0.15, 0.2) is 11.6 Å². The van der Waals surface area contributed by atoms with Crippen LogP contribution in [0.25, 0.3) is 28.1 Å². The van der Waals surface area contributed by atoms with Crippen LogP contribution in [0, 0.1) is 11.2 Å². The van der Waals surface area contributed by atoms with E-state index in [0.29, 0.717) is 40.5 Å². The lowest BCUT2D eigenvalue weighted by atomic mass is 9.96. The number of rotatable bonds is 17. The summed E-state index contributed by atoms with van der Waals surface area (Å²) in [6, 6.07) is 15.2. The molecule has 1 aromatic heterocycles. The first kappa shape index (κ1) is 39.1. The Morgan fingerprint density at radius 2 is 1.75 bits per heavy atom. The zero-order valence-electron chi connectivity index (χ0n) is 30.6. The van der Waals surface area contributed by atoms with E-state index in [9.17, 15) is 41.9 Å². The predicted octanol–water partition coefficient (Wildman–Crippen LogP) is 6.56. The molecule has 55 heavy (non-hydrogen) atoms. The molecule has 2 aliphatic carbocycles. The van der Waals surface area contributed by atoms with Gasteiger partial charge in [0.25, 0.3) is 5.78 Å². The molecular weight excluding hydrogens is 732 g/mol. The number of hydrogen-bond acceptors (Lipinski definition) is 10. The van der Waals surface area contributed by atoms with Gasteiger partial charge in [0.2, 0.25) is 15.9 Å². The SMILES string of the molecule is CCOC(=O)C(=O)C=C(O)c1cccc(CNC(=O)C2(CC(=O)CN(c3cc4oc(-c5ccc(F)cc5)c(C(=O)CC)c4cc3C3CC3)S(C)(=O)=O)CC2)c1. The highest BCUT2D eigenvalue weighted by Crippen LogP contribution is 2.50. The maximum Gasteiger partial charge on any atom is 0.379 e. The second-order valence-corrected chi connectivity index (χ2v) is 15.9. The molecule has 0 bridgehead atoms. The lowest BCUT2D eigenvalue weighted by molar-refractivity contribution is -0.151. The molecule has 12 nitrogen and oxygen atoms in total. The number of aliphatic hydroxyl groups excluding tert-OH is 1. The summed E-state index contributed by atoms with van der Waals surface area (Å²) in [6.45, 7) is 2.79. The molecule has 3 aromatic carbocycles. The Hall–Kier alpha value is -5.63. The highest BCUT2D eigenvalue weighted by Gasteiger charge is 2.51. The highest BCUT2D eigenvalue weighted by molar-refractivity contribution is 7.92. The van der Waals surface area contributed by atoms with Crippen LogP contribution in [0.3, 0.4) is 0 Å². The summed E-state index contributed by atoms with van der Waals surface area (Å²) in [7, 11) is -4.03. The fraction of sp³-hybridized carbons (Fsp3) is 0.341. The molecule has 1 amide bonds. The van der Waals surface area contributed by atoms with Gasteiger partial charge in [-0.1, -0.05) is 25.1 Å². The van der Waals surface area contributed by atoms with Crippen molar-refractivity contribution in [3.8, 4) is 11.3 Å². The van der Waals surface area contributed by atoms with Crippen molar-refractivity contribution in [1.29, 1.82) is 0 Å². The average molecular weight is 773 g/mol. The van der Waals surface area contributed by atoms with Crippen molar-refractivity contribution in [2.45, 2.75) is 64.8 Å². The first-order chi connectivity index (χ1) is 26.1. The standard InChI is InChI=1S/C41H41FN2O10S/c1-4-33(46)37-31-18-30(25-9-10-25)32(19-36(31)54-38(37)26-11-13-28(42)14-12-26)44(55(3,51)52)23-29(45)21-41(15-16-41)40(50)43-22-24-7-6-8-27(17-24)34(47)20-35(48)39(49)53-5-2/h6-8,11-14,17-20,25,47H,4-5,9-10,15-16,21-23H2,1-3H3,(H,43,50). The van der Waals surface area contributed by atoms with Gasteiger partial charge in [0.1, 0.15) is 22.9 Å². The highest BCUT2D eigenvalue weighted by atomic mass is 32.2. The van der Waals surface area contributed by atoms with Crippen molar-refractivity contribution in [1.82, 2.24) is 5.32 Å². The number of halogens is 1. The number of furan rings is 1. The summed E-state index contributed by atoms with van der Waals surface area (Å²) in [5.74, 6) is -3.82. The Balaban J connectivity index is 1.21. The Kier molecular flexibility index (Phi) is 11.1. The molecule has 0 spiro atoms. The number of Topliss-reactive ketones (excluding diaryl/α,β-unsaturated/α-hetero) is 2. The average Bonchev–Trinajstić information content (AvgIpc) is 4.10. The number of amides is 1. The van der Waals surface area contributed by atoms with Crippen LogP contribution in [0.15, 0.2) is 71.2 Å². The zero-order chi connectivity index (χ0) is 39.7. The van der Waals surface area contributed by atoms with E-state index in [1.165, 1.54) is 36.4 Å². The van der Waals surface area contributed by atoms with Crippen molar-refractivity contribution in [2.75, 3.05) is 23.7 Å². The lowest BCUT2D eigenvalue weighted by Gasteiger charge is -2.25. The van der Waals surface area contributed by atoms with Crippen LogP contribution >= 0.6 is 0 Å².